The molecule has 1 atom stereocenters. The zero-order valence-corrected chi connectivity index (χ0v) is 15.5. The lowest BCUT2D eigenvalue weighted by Crippen LogP contribution is -2.49. The smallest absolute Gasteiger partial charge is 0.235 e. The van der Waals surface area contributed by atoms with Gasteiger partial charge in [0.15, 0.2) is 0 Å². The van der Waals surface area contributed by atoms with Gasteiger partial charge in [0.2, 0.25) is 5.91 Å². The average molecular weight is 335 g/mol. The van der Waals surface area contributed by atoms with E-state index in [2.05, 4.69) is 55.0 Å². The minimum absolute atomic E-state index is 0.0652. The molecule has 3 nitrogen and oxygen atoms in total. The highest BCUT2D eigenvalue weighted by Crippen LogP contribution is 2.21. The van der Waals surface area contributed by atoms with E-state index in [9.17, 15) is 4.79 Å². The standard InChI is InChI=1S/C19H30N2OS/c1-4-23-16(2)19(22)21(18-11-13-20(3)14-12-18)15-10-17-8-6-5-7-9-17/h5-9,16,18H,4,10-15H2,1-3H3/t16-/m1/s1. The maximum Gasteiger partial charge on any atom is 0.235 e. The Bertz CT molecular complexity index is 472. The van der Waals surface area contributed by atoms with Gasteiger partial charge in [-0.25, -0.2) is 0 Å². The molecular formula is C19H30N2OS. The second-order valence-corrected chi connectivity index (χ2v) is 8.02. The molecule has 23 heavy (non-hydrogen) atoms. The summed E-state index contributed by atoms with van der Waals surface area (Å²) in [4.78, 5) is 17.5. The minimum Gasteiger partial charge on any atom is -0.338 e. The van der Waals surface area contributed by atoms with Crippen LogP contribution in [0, 0.1) is 0 Å². The van der Waals surface area contributed by atoms with Crippen LogP contribution in [-0.2, 0) is 11.2 Å². The Morgan fingerprint density at radius 1 is 1.30 bits per heavy atom. The van der Waals surface area contributed by atoms with Gasteiger partial charge in [0.1, 0.15) is 0 Å². The van der Waals surface area contributed by atoms with Crippen LogP contribution >= 0.6 is 11.8 Å². The summed E-state index contributed by atoms with van der Waals surface area (Å²) in [5, 5.41) is 0.0652. The van der Waals surface area contributed by atoms with Crippen LogP contribution in [0.3, 0.4) is 0 Å². The van der Waals surface area contributed by atoms with Crippen molar-refractivity contribution in [1.29, 1.82) is 0 Å². The van der Waals surface area contributed by atoms with Crippen LogP contribution in [-0.4, -0.2) is 59.4 Å². The summed E-state index contributed by atoms with van der Waals surface area (Å²) < 4.78 is 0. The van der Waals surface area contributed by atoms with Gasteiger partial charge < -0.3 is 9.80 Å². The highest BCUT2D eigenvalue weighted by atomic mass is 32.2. The van der Waals surface area contributed by atoms with Crippen molar-refractivity contribution in [2.24, 2.45) is 0 Å². The largest absolute Gasteiger partial charge is 0.338 e. The number of piperidine rings is 1. The molecule has 0 aliphatic carbocycles. The van der Waals surface area contributed by atoms with Gasteiger partial charge in [0.25, 0.3) is 0 Å². The number of rotatable bonds is 7. The summed E-state index contributed by atoms with van der Waals surface area (Å²) in [6.07, 6.45) is 3.14. The van der Waals surface area contributed by atoms with E-state index in [1.165, 1.54) is 5.56 Å². The van der Waals surface area contributed by atoms with Gasteiger partial charge in [-0.05, 0) is 57.6 Å². The summed E-state index contributed by atoms with van der Waals surface area (Å²) >= 11 is 1.75. The molecule has 1 aromatic carbocycles. The highest BCUT2D eigenvalue weighted by molar-refractivity contribution is 8.00. The Hall–Kier alpha value is -1.00. The molecule has 1 fully saturated rings. The zero-order chi connectivity index (χ0) is 16.7. The molecule has 1 aliphatic heterocycles. The van der Waals surface area contributed by atoms with Crippen molar-refractivity contribution in [2.75, 3.05) is 32.4 Å². The summed E-state index contributed by atoms with van der Waals surface area (Å²) in [7, 11) is 2.17. The first-order valence-corrected chi connectivity index (χ1v) is 9.81. The second kappa shape index (κ2) is 9.33. The molecule has 0 N–H and O–H groups in total. The molecule has 0 saturated carbocycles. The molecule has 4 heteroatoms. The molecule has 1 heterocycles. The van der Waals surface area contributed by atoms with Gasteiger partial charge in [-0.3, -0.25) is 4.79 Å². The third kappa shape index (κ3) is 5.54. The quantitative estimate of drug-likeness (QED) is 0.764. The van der Waals surface area contributed by atoms with E-state index in [0.29, 0.717) is 11.9 Å². The molecule has 0 unspecified atom stereocenters. The van der Waals surface area contributed by atoms with E-state index in [-0.39, 0.29) is 5.25 Å². The number of amides is 1. The van der Waals surface area contributed by atoms with Crippen molar-refractivity contribution in [3.8, 4) is 0 Å². The monoisotopic (exact) mass is 334 g/mol. The number of benzene rings is 1. The average Bonchev–Trinajstić information content (AvgIpc) is 2.57. The van der Waals surface area contributed by atoms with E-state index in [1.807, 2.05) is 6.07 Å². The third-order valence-corrected chi connectivity index (χ3v) is 5.70. The minimum atomic E-state index is 0.0652. The van der Waals surface area contributed by atoms with E-state index in [1.54, 1.807) is 11.8 Å². The molecule has 1 saturated heterocycles. The maximum atomic E-state index is 12.9. The summed E-state index contributed by atoms with van der Waals surface area (Å²) in [6.45, 7) is 7.20. The van der Waals surface area contributed by atoms with Crippen LogP contribution in [0.2, 0.25) is 0 Å². The molecule has 0 aromatic heterocycles. The Morgan fingerprint density at radius 2 is 1.96 bits per heavy atom. The predicted molar refractivity (Wildman–Crippen MR) is 100.0 cm³/mol. The summed E-state index contributed by atoms with van der Waals surface area (Å²) in [5.74, 6) is 1.31. The van der Waals surface area contributed by atoms with Crippen molar-refractivity contribution < 1.29 is 4.79 Å². The number of thioether (sulfide) groups is 1. The van der Waals surface area contributed by atoms with E-state index in [0.717, 1.165) is 44.6 Å². The normalized spacial score (nSPS) is 17.9. The van der Waals surface area contributed by atoms with Gasteiger partial charge in [0, 0.05) is 12.6 Å². The Balaban J connectivity index is 2.02. The molecule has 0 bridgehead atoms. The van der Waals surface area contributed by atoms with Crippen LogP contribution in [0.15, 0.2) is 30.3 Å². The van der Waals surface area contributed by atoms with Gasteiger partial charge in [-0.2, -0.15) is 0 Å². The number of hydrogen-bond donors (Lipinski definition) is 0. The van der Waals surface area contributed by atoms with Crippen LogP contribution in [0.4, 0.5) is 0 Å². The van der Waals surface area contributed by atoms with Crippen molar-refractivity contribution >= 4 is 17.7 Å². The SMILES string of the molecule is CCS[C@H](C)C(=O)N(CCc1ccccc1)C1CCN(C)CC1. The Morgan fingerprint density at radius 3 is 2.57 bits per heavy atom. The molecule has 1 amide bonds. The first-order chi connectivity index (χ1) is 11.1. The summed E-state index contributed by atoms with van der Waals surface area (Å²) in [6, 6.07) is 10.9. The lowest BCUT2D eigenvalue weighted by molar-refractivity contribution is -0.133. The van der Waals surface area contributed by atoms with E-state index in [4.69, 9.17) is 0 Å². The number of likely N-dealkylation sites (tertiary alicyclic amines) is 1. The first kappa shape index (κ1) is 18.3. The number of carbonyl (C=O) groups excluding carboxylic acids is 1. The lowest BCUT2D eigenvalue weighted by Gasteiger charge is -2.38. The number of carbonyl (C=O) groups is 1. The number of hydrogen-bond acceptors (Lipinski definition) is 3. The van der Waals surface area contributed by atoms with Gasteiger partial charge in [0.05, 0.1) is 5.25 Å². The van der Waals surface area contributed by atoms with Gasteiger partial charge in [-0.15, -0.1) is 11.8 Å². The lowest BCUT2D eigenvalue weighted by atomic mass is 10.0. The van der Waals surface area contributed by atoms with Crippen molar-refractivity contribution in [3.05, 3.63) is 35.9 Å². The van der Waals surface area contributed by atoms with Crippen molar-refractivity contribution in [1.82, 2.24) is 9.80 Å². The summed E-state index contributed by atoms with van der Waals surface area (Å²) in [5.41, 5.74) is 1.31. The number of nitrogens with zero attached hydrogens (tertiary/aromatic N) is 2. The van der Waals surface area contributed by atoms with Crippen molar-refractivity contribution in [2.45, 2.75) is 44.4 Å². The van der Waals surface area contributed by atoms with Crippen LogP contribution in [0.1, 0.15) is 32.3 Å². The predicted octanol–water partition coefficient (Wildman–Crippen LogP) is 3.29. The molecular weight excluding hydrogens is 304 g/mol. The maximum absolute atomic E-state index is 12.9. The van der Waals surface area contributed by atoms with E-state index < -0.39 is 0 Å². The molecule has 128 valence electrons. The Kier molecular flexibility index (Phi) is 7.44. The molecule has 0 radical (unpaired) electrons. The fraction of sp³-hybridized carbons (Fsp3) is 0.632. The van der Waals surface area contributed by atoms with E-state index >= 15 is 0 Å². The fourth-order valence-electron chi connectivity index (χ4n) is 3.23. The second-order valence-electron chi connectivity index (χ2n) is 6.40. The molecule has 1 aliphatic rings. The van der Waals surface area contributed by atoms with Crippen LogP contribution in [0.5, 0.6) is 0 Å². The highest BCUT2D eigenvalue weighted by Gasteiger charge is 2.29. The zero-order valence-electron chi connectivity index (χ0n) is 14.7. The van der Waals surface area contributed by atoms with Crippen molar-refractivity contribution in [3.63, 3.8) is 0 Å². The molecule has 2 rings (SSSR count). The van der Waals surface area contributed by atoms with Crippen LogP contribution < -0.4 is 0 Å². The molecule has 0 spiro atoms. The van der Waals surface area contributed by atoms with Gasteiger partial charge >= 0.3 is 0 Å². The fourth-order valence-corrected chi connectivity index (χ4v) is 4.01. The van der Waals surface area contributed by atoms with Gasteiger partial charge in [-0.1, -0.05) is 37.3 Å². The topological polar surface area (TPSA) is 23.6 Å². The Labute approximate surface area is 145 Å². The third-order valence-electron chi connectivity index (χ3n) is 4.66. The first-order valence-electron chi connectivity index (χ1n) is 8.76. The van der Waals surface area contributed by atoms with Crippen LogP contribution in [0.25, 0.3) is 0 Å². The molecule has 1 aromatic rings.